The van der Waals surface area contributed by atoms with Crippen molar-refractivity contribution in [2.45, 2.75) is 6.92 Å². The van der Waals surface area contributed by atoms with Crippen molar-refractivity contribution < 1.29 is 23.7 Å². The monoisotopic (exact) mass is 228 g/mol. The molecule has 0 aliphatic carbocycles. The van der Waals surface area contributed by atoms with Crippen LogP contribution in [0.25, 0.3) is 0 Å². The van der Waals surface area contributed by atoms with Crippen LogP contribution < -0.4 is 0 Å². The van der Waals surface area contributed by atoms with Gasteiger partial charge in [0.2, 0.25) is 0 Å². The van der Waals surface area contributed by atoms with Gasteiger partial charge in [-0.05, 0) is 6.92 Å². The van der Waals surface area contributed by atoms with Crippen LogP contribution in [0.5, 0.6) is 0 Å². The van der Waals surface area contributed by atoms with Gasteiger partial charge in [0.25, 0.3) is 0 Å². The van der Waals surface area contributed by atoms with E-state index in [4.69, 9.17) is 14.2 Å². The third-order valence-corrected chi connectivity index (χ3v) is 1.15. The van der Waals surface area contributed by atoms with Crippen molar-refractivity contribution in [1.29, 1.82) is 0 Å². The molecule has 0 aliphatic rings. The van der Waals surface area contributed by atoms with Crippen LogP contribution in [0.4, 0.5) is 0 Å². The maximum Gasteiger partial charge on any atom is 0.340 e. The zero-order chi connectivity index (χ0) is 12.1. The highest BCUT2D eigenvalue weighted by molar-refractivity contribution is 4.86. The summed E-state index contributed by atoms with van der Waals surface area (Å²) in [6.45, 7) is 2.43. The molecule has 0 N–H and O–H groups in total. The number of hydrogen-bond donors (Lipinski definition) is 0. The first kappa shape index (κ1) is 14.0. The largest absolute Gasteiger partial charge is 0.501 e. The van der Waals surface area contributed by atoms with E-state index in [1.54, 1.807) is 0 Å². The fraction of sp³-hybridized carbons (Fsp3) is 0.364. The standard InChI is InChI=1S/C11H16O5/c1-4-14-8-10-16-11(5-6-12-2)15-9-7-13-3/h6-10H,4H2,1-3H3. The lowest BCUT2D eigenvalue weighted by atomic mass is 10.8. The van der Waals surface area contributed by atoms with Gasteiger partial charge in [-0.3, -0.25) is 0 Å². The van der Waals surface area contributed by atoms with E-state index in [2.05, 4.69) is 15.2 Å². The summed E-state index contributed by atoms with van der Waals surface area (Å²) in [5, 5.41) is 0. The first-order valence-electron chi connectivity index (χ1n) is 4.60. The molecule has 16 heavy (non-hydrogen) atoms. The second-order valence-corrected chi connectivity index (χ2v) is 2.26. The fourth-order valence-electron chi connectivity index (χ4n) is 0.573. The molecule has 0 aliphatic heterocycles. The van der Waals surface area contributed by atoms with Gasteiger partial charge in [0.1, 0.15) is 31.3 Å². The maximum absolute atomic E-state index is 5.05. The number of rotatable bonds is 8. The van der Waals surface area contributed by atoms with E-state index in [-0.39, 0.29) is 5.95 Å². The number of hydrogen-bond acceptors (Lipinski definition) is 5. The van der Waals surface area contributed by atoms with Crippen LogP contribution in [-0.4, -0.2) is 20.8 Å². The van der Waals surface area contributed by atoms with Gasteiger partial charge in [-0.1, -0.05) is 0 Å². The van der Waals surface area contributed by atoms with E-state index in [1.165, 1.54) is 45.5 Å². The van der Waals surface area contributed by atoms with Crippen LogP contribution in [0.15, 0.2) is 43.0 Å². The van der Waals surface area contributed by atoms with E-state index in [1.807, 2.05) is 6.92 Å². The molecule has 5 heteroatoms. The van der Waals surface area contributed by atoms with Gasteiger partial charge in [0, 0.05) is 5.73 Å². The van der Waals surface area contributed by atoms with Crippen LogP contribution in [0.3, 0.4) is 0 Å². The zero-order valence-electron chi connectivity index (χ0n) is 9.64. The van der Waals surface area contributed by atoms with Crippen molar-refractivity contribution in [2.24, 2.45) is 0 Å². The van der Waals surface area contributed by atoms with Gasteiger partial charge in [-0.15, -0.1) is 0 Å². The summed E-state index contributed by atoms with van der Waals surface area (Å²) in [7, 11) is 3.00. The molecule has 0 unspecified atom stereocenters. The van der Waals surface area contributed by atoms with Crippen LogP contribution in [0, 0.1) is 0 Å². The highest BCUT2D eigenvalue weighted by Gasteiger charge is 1.92. The molecule has 0 saturated heterocycles. The molecule has 0 heterocycles. The lowest BCUT2D eigenvalue weighted by Crippen LogP contribution is -1.87. The molecule has 90 valence electrons. The molecule has 0 rings (SSSR count). The first-order valence-corrected chi connectivity index (χ1v) is 4.60. The Kier molecular flexibility index (Phi) is 9.69. The Hall–Kier alpha value is -2.00. The van der Waals surface area contributed by atoms with Gasteiger partial charge in [0.05, 0.1) is 20.8 Å². The molecular weight excluding hydrogens is 212 g/mol. The van der Waals surface area contributed by atoms with Crippen molar-refractivity contribution in [2.75, 3.05) is 20.8 Å². The molecule has 0 saturated carbocycles. The van der Waals surface area contributed by atoms with E-state index in [9.17, 15) is 0 Å². The number of ether oxygens (including phenoxy) is 5. The normalized spacial score (nSPS) is 9.69. The molecule has 0 atom stereocenters. The predicted octanol–water partition coefficient (Wildman–Crippen LogP) is 2.25. The summed E-state index contributed by atoms with van der Waals surface area (Å²) < 4.78 is 24.3. The topological polar surface area (TPSA) is 46.2 Å². The van der Waals surface area contributed by atoms with Gasteiger partial charge < -0.3 is 23.7 Å². The van der Waals surface area contributed by atoms with Crippen molar-refractivity contribution >= 4 is 0 Å². The minimum Gasteiger partial charge on any atom is -0.501 e. The van der Waals surface area contributed by atoms with Crippen molar-refractivity contribution in [3.63, 3.8) is 0 Å². The summed E-state index contributed by atoms with van der Waals surface area (Å²) in [4.78, 5) is 0. The third kappa shape index (κ3) is 8.59. The molecule has 0 aromatic rings. The Morgan fingerprint density at radius 3 is 2.25 bits per heavy atom. The molecule has 5 nitrogen and oxygen atoms in total. The molecular formula is C11H16O5. The summed E-state index contributed by atoms with van der Waals surface area (Å²) in [6.07, 6.45) is 6.68. The predicted molar refractivity (Wildman–Crippen MR) is 57.7 cm³/mol. The molecule has 0 spiro atoms. The Morgan fingerprint density at radius 1 is 1.00 bits per heavy atom. The summed E-state index contributed by atoms with van der Waals surface area (Å²) in [5.41, 5.74) is 2.62. The molecule has 0 aromatic carbocycles. The lowest BCUT2D eigenvalue weighted by molar-refractivity contribution is 0.135. The molecule has 0 fully saturated rings. The van der Waals surface area contributed by atoms with Crippen LogP contribution in [0.1, 0.15) is 6.92 Å². The Labute approximate surface area is 95.2 Å². The SMILES string of the molecule is CCOC=COC(=C=COC)OC=COC. The Balaban J connectivity index is 4.22. The summed E-state index contributed by atoms with van der Waals surface area (Å²) in [6, 6.07) is 0. The van der Waals surface area contributed by atoms with Crippen LogP contribution in [-0.2, 0) is 23.7 Å². The third-order valence-electron chi connectivity index (χ3n) is 1.15. The second kappa shape index (κ2) is 11.1. The van der Waals surface area contributed by atoms with E-state index < -0.39 is 0 Å². The summed E-state index contributed by atoms with van der Waals surface area (Å²) in [5.74, 6) is 0.103. The van der Waals surface area contributed by atoms with Crippen LogP contribution >= 0.6 is 0 Å². The van der Waals surface area contributed by atoms with Crippen molar-refractivity contribution in [3.8, 4) is 0 Å². The average molecular weight is 228 g/mol. The second-order valence-electron chi connectivity index (χ2n) is 2.26. The maximum atomic E-state index is 5.05. The average Bonchev–Trinajstić information content (AvgIpc) is 2.31. The summed E-state index contributed by atoms with van der Waals surface area (Å²) >= 11 is 0. The Morgan fingerprint density at radius 2 is 1.69 bits per heavy atom. The molecule has 0 radical (unpaired) electrons. The highest BCUT2D eigenvalue weighted by Crippen LogP contribution is 2.00. The van der Waals surface area contributed by atoms with E-state index in [0.29, 0.717) is 6.61 Å². The van der Waals surface area contributed by atoms with Gasteiger partial charge >= 0.3 is 5.95 Å². The van der Waals surface area contributed by atoms with Crippen LogP contribution in [0.2, 0.25) is 0 Å². The lowest BCUT2D eigenvalue weighted by Gasteiger charge is -2.01. The molecule has 0 bridgehead atoms. The van der Waals surface area contributed by atoms with Crippen molar-refractivity contribution in [1.82, 2.24) is 0 Å². The minimum atomic E-state index is 0.103. The molecule has 0 aromatic heterocycles. The molecule has 0 amide bonds. The zero-order valence-corrected chi connectivity index (χ0v) is 9.64. The van der Waals surface area contributed by atoms with Gasteiger partial charge in [0.15, 0.2) is 0 Å². The smallest absolute Gasteiger partial charge is 0.340 e. The van der Waals surface area contributed by atoms with Gasteiger partial charge in [-0.25, -0.2) is 0 Å². The first-order chi connectivity index (χ1) is 7.85. The fourth-order valence-corrected chi connectivity index (χ4v) is 0.573. The quantitative estimate of drug-likeness (QED) is 0.471. The van der Waals surface area contributed by atoms with Gasteiger partial charge in [-0.2, -0.15) is 0 Å². The van der Waals surface area contributed by atoms with Crippen molar-refractivity contribution in [3.05, 3.63) is 43.0 Å². The Bertz CT molecular complexity index is 274. The van der Waals surface area contributed by atoms with E-state index in [0.717, 1.165) is 0 Å². The van der Waals surface area contributed by atoms with E-state index >= 15 is 0 Å². The minimum absolute atomic E-state index is 0.103. The number of methoxy groups -OCH3 is 2. The highest BCUT2D eigenvalue weighted by atomic mass is 16.7.